The molecule has 2 heterocycles. The molecule has 9 aromatic rings. The van der Waals surface area contributed by atoms with Crippen molar-refractivity contribution in [2.75, 3.05) is 0 Å². The Balaban J connectivity index is 1.35. The highest BCUT2D eigenvalue weighted by Gasteiger charge is 2.21. The zero-order chi connectivity index (χ0) is 34.7. The van der Waals surface area contributed by atoms with E-state index in [4.69, 9.17) is 9.97 Å². The molecule has 52 heavy (non-hydrogen) atoms. The summed E-state index contributed by atoms with van der Waals surface area (Å²) in [6.07, 6.45) is 1.83. The molecule has 0 aliphatic carbocycles. The van der Waals surface area contributed by atoms with Crippen molar-refractivity contribution in [2.24, 2.45) is 0 Å². The number of nitrogens with zero attached hydrogens (tertiary/aromatic N) is 3. The summed E-state index contributed by atoms with van der Waals surface area (Å²) in [6.45, 7) is 0. The molecule has 2 aromatic heterocycles. The molecule has 244 valence electrons. The van der Waals surface area contributed by atoms with Crippen LogP contribution in [0.5, 0.6) is 0 Å². The fourth-order valence-electron chi connectivity index (χ4n) is 7.08. The number of rotatable bonds is 7. The summed E-state index contributed by atoms with van der Waals surface area (Å²) in [6, 6.07) is 67.7. The van der Waals surface area contributed by atoms with E-state index in [9.17, 15) is 0 Å². The third-order valence-electron chi connectivity index (χ3n) is 9.59. The molecule has 0 spiro atoms. The predicted octanol–water partition coefficient (Wildman–Crippen LogP) is 12.7. The van der Waals surface area contributed by atoms with Gasteiger partial charge in [-0.15, -0.1) is 0 Å². The molecule has 0 saturated carbocycles. The Labute approximate surface area is 303 Å². The minimum absolute atomic E-state index is 0.832. The maximum atomic E-state index is 5.65. The average Bonchev–Trinajstić information content (AvgIpc) is 3.24. The molecule has 0 atom stereocenters. The van der Waals surface area contributed by atoms with Gasteiger partial charge in [0, 0.05) is 34.0 Å². The molecule has 0 N–H and O–H groups in total. The van der Waals surface area contributed by atoms with Gasteiger partial charge in [-0.3, -0.25) is 4.98 Å². The monoisotopic (exact) mass is 663 g/mol. The zero-order valence-electron chi connectivity index (χ0n) is 28.4. The smallest absolute Gasteiger partial charge is 0.0979 e. The highest BCUT2D eigenvalue weighted by atomic mass is 14.8. The van der Waals surface area contributed by atoms with Gasteiger partial charge in [0.25, 0.3) is 0 Å². The largest absolute Gasteiger partial charge is 0.256 e. The summed E-state index contributed by atoms with van der Waals surface area (Å²) < 4.78 is 0. The molecule has 0 unspecified atom stereocenters. The van der Waals surface area contributed by atoms with E-state index in [0.29, 0.717) is 0 Å². The summed E-state index contributed by atoms with van der Waals surface area (Å²) in [5, 5.41) is 0. The lowest BCUT2D eigenvalue weighted by atomic mass is 9.89. The molecule has 9 rings (SSSR count). The molecule has 3 nitrogen and oxygen atoms in total. The number of hydrogen-bond acceptors (Lipinski definition) is 3. The Bertz CT molecular complexity index is 2640. The van der Waals surface area contributed by atoms with Crippen LogP contribution in [-0.2, 0) is 0 Å². The van der Waals surface area contributed by atoms with E-state index in [-0.39, 0.29) is 0 Å². The standard InChI is InChI=1S/C49H33N3/c1-4-16-34(17-5-1)39-22-10-12-24-41(39)43-31-32-44(42-25-13-11-23-40(42)35-18-6-2-7-19-35)49-48(43)51-46(37-20-8-3-9-21-37)47(52-49)38-29-27-36(28-30-38)45-26-14-15-33-50-45/h1-33H. The molecule has 0 bridgehead atoms. The van der Waals surface area contributed by atoms with Crippen LogP contribution in [0.1, 0.15) is 0 Å². The average molecular weight is 664 g/mol. The molecular weight excluding hydrogens is 631 g/mol. The van der Waals surface area contributed by atoms with Gasteiger partial charge >= 0.3 is 0 Å². The van der Waals surface area contributed by atoms with Crippen LogP contribution in [-0.4, -0.2) is 15.0 Å². The Morgan fingerprint density at radius 3 is 1.10 bits per heavy atom. The molecule has 3 heteroatoms. The minimum atomic E-state index is 0.832. The van der Waals surface area contributed by atoms with Crippen molar-refractivity contribution in [3.05, 3.63) is 200 Å². The number of aromatic nitrogens is 3. The molecule has 0 fully saturated rings. The number of pyridine rings is 1. The van der Waals surface area contributed by atoms with Crippen LogP contribution in [0.4, 0.5) is 0 Å². The second kappa shape index (κ2) is 13.7. The highest BCUT2D eigenvalue weighted by Crippen LogP contribution is 2.43. The van der Waals surface area contributed by atoms with E-state index in [1.807, 2.05) is 30.5 Å². The van der Waals surface area contributed by atoms with Crippen molar-refractivity contribution in [3.63, 3.8) is 0 Å². The first-order valence-electron chi connectivity index (χ1n) is 17.5. The second-order valence-electron chi connectivity index (χ2n) is 12.8. The van der Waals surface area contributed by atoms with Crippen LogP contribution in [0, 0.1) is 0 Å². The van der Waals surface area contributed by atoms with Crippen molar-refractivity contribution in [2.45, 2.75) is 0 Å². The van der Waals surface area contributed by atoms with E-state index in [0.717, 1.165) is 89.3 Å². The molecule has 0 aliphatic rings. The van der Waals surface area contributed by atoms with Crippen LogP contribution >= 0.6 is 0 Å². The van der Waals surface area contributed by atoms with Gasteiger partial charge in [-0.1, -0.05) is 182 Å². The summed E-state index contributed by atoms with van der Waals surface area (Å²) in [4.78, 5) is 15.8. The lowest BCUT2D eigenvalue weighted by Crippen LogP contribution is -2.00. The van der Waals surface area contributed by atoms with Gasteiger partial charge in [0.15, 0.2) is 0 Å². The van der Waals surface area contributed by atoms with E-state index < -0.39 is 0 Å². The Kier molecular flexibility index (Phi) is 8.20. The SMILES string of the molecule is c1ccc(-c2ccccc2-c2ccc(-c3ccccc3-c3ccccc3)c3nc(-c4ccc(-c5ccccn5)cc4)c(-c4ccccc4)nc23)cc1. The molecule has 0 aliphatic heterocycles. The number of hydrogen-bond donors (Lipinski definition) is 0. The Morgan fingerprint density at radius 2 is 0.635 bits per heavy atom. The van der Waals surface area contributed by atoms with E-state index in [1.165, 1.54) is 0 Å². The van der Waals surface area contributed by atoms with Gasteiger partial charge in [0.1, 0.15) is 0 Å². The third-order valence-corrected chi connectivity index (χ3v) is 9.59. The fourth-order valence-corrected chi connectivity index (χ4v) is 7.08. The molecule has 0 amide bonds. The first-order chi connectivity index (χ1) is 25.8. The van der Waals surface area contributed by atoms with Crippen molar-refractivity contribution < 1.29 is 0 Å². The van der Waals surface area contributed by atoms with Gasteiger partial charge in [-0.25, -0.2) is 9.97 Å². The molecule has 0 saturated heterocycles. The highest BCUT2D eigenvalue weighted by molar-refractivity contribution is 6.06. The summed E-state index contributed by atoms with van der Waals surface area (Å²) in [7, 11) is 0. The first-order valence-corrected chi connectivity index (χ1v) is 17.5. The van der Waals surface area contributed by atoms with E-state index in [2.05, 4.69) is 175 Å². The maximum Gasteiger partial charge on any atom is 0.0979 e. The van der Waals surface area contributed by atoms with Crippen LogP contribution in [0.15, 0.2) is 200 Å². The van der Waals surface area contributed by atoms with Crippen LogP contribution in [0.3, 0.4) is 0 Å². The third kappa shape index (κ3) is 5.85. The Hall–Kier alpha value is -6.97. The maximum absolute atomic E-state index is 5.65. The summed E-state index contributed by atoms with van der Waals surface area (Å²) in [5.41, 5.74) is 16.3. The van der Waals surface area contributed by atoms with Crippen LogP contribution in [0.2, 0.25) is 0 Å². The van der Waals surface area contributed by atoms with Gasteiger partial charge in [-0.05, 0) is 45.5 Å². The lowest BCUT2D eigenvalue weighted by molar-refractivity contribution is 1.29. The molecule has 0 radical (unpaired) electrons. The van der Waals surface area contributed by atoms with Crippen molar-refractivity contribution in [1.82, 2.24) is 15.0 Å². The lowest BCUT2D eigenvalue weighted by Gasteiger charge is -2.18. The van der Waals surface area contributed by atoms with Gasteiger partial charge in [0.2, 0.25) is 0 Å². The zero-order valence-corrected chi connectivity index (χ0v) is 28.4. The normalized spacial score (nSPS) is 11.1. The van der Waals surface area contributed by atoms with Crippen LogP contribution < -0.4 is 0 Å². The van der Waals surface area contributed by atoms with Gasteiger partial charge in [-0.2, -0.15) is 0 Å². The van der Waals surface area contributed by atoms with Crippen LogP contribution in [0.25, 0.3) is 89.3 Å². The molecule has 7 aromatic carbocycles. The molecular formula is C49H33N3. The predicted molar refractivity (Wildman–Crippen MR) is 215 cm³/mol. The van der Waals surface area contributed by atoms with Crippen molar-refractivity contribution >= 4 is 11.0 Å². The van der Waals surface area contributed by atoms with Crippen molar-refractivity contribution in [1.29, 1.82) is 0 Å². The van der Waals surface area contributed by atoms with E-state index in [1.54, 1.807) is 0 Å². The van der Waals surface area contributed by atoms with Crippen molar-refractivity contribution in [3.8, 4) is 78.3 Å². The number of benzene rings is 7. The second-order valence-corrected chi connectivity index (χ2v) is 12.8. The summed E-state index contributed by atoms with van der Waals surface area (Å²) >= 11 is 0. The van der Waals surface area contributed by atoms with Gasteiger partial charge < -0.3 is 0 Å². The quantitative estimate of drug-likeness (QED) is 0.170. The number of fused-ring (bicyclic) bond motifs is 1. The van der Waals surface area contributed by atoms with Gasteiger partial charge in [0.05, 0.1) is 28.1 Å². The fraction of sp³-hybridized carbons (Fsp3) is 0. The minimum Gasteiger partial charge on any atom is -0.256 e. The first kappa shape index (κ1) is 31.0. The topological polar surface area (TPSA) is 38.7 Å². The Morgan fingerprint density at radius 1 is 0.250 bits per heavy atom. The van der Waals surface area contributed by atoms with E-state index >= 15 is 0 Å². The summed E-state index contributed by atoms with van der Waals surface area (Å²) in [5.74, 6) is 0.